The summed E-state index contributed by atoms with van der Waals surface area (Å²) in [4.78, 5) is 2.43. The smallest absolute Gasteiger partial charge is 0.161 e. The highest BCUT2D eigenvalue weighted by Gasteiger charge is 2.44. The summed E-state index contributed by atoms with van der Waals surface area (Å²) in [6.45, 7) is 5.53. The molecule has 2 bridgehead atoms. The molecule has 0 aromatic rings. The van der Waals surface area contributed by atoms with Crippen molar-refractivity contribution in [3.05, 3.63) is 12.2 Å². The predicted molar refractivity (Wildman–Crippen MR) is 70.7 cm³/mol. The highest BCUT2D eigenvalue weighted by atomic mass is 16.7. The summed E-state index contributed by atoms with van der Waals surface area (Å²) in [6.07, 6.45) is 7.64. The Kier molecular flexibility index (Phi) is 3.35. The van der Waals surface area contributed by atoms with E-state index in [0.717, 1.165) is 45.4 Å². The van der Waals surface area contributed by atoms with E-state index in [1.54, 1.807) is 0 Å². The maximum Gasteiger partial charge on any atom is 0.161 e. The molecule has 4 heteroatoms. The Morgan fingerprint density at radius 3 is 2.74 bits per heavy atom. The van der Waals surface area contributed by atoms with Gasteiger partial charge in [-0.1, -0.05) is 12.2 Å². The normalized spacial score (nSPS) is 46.2. The summed E-state index contributed by atoms with van der Waals surface area (Å²) in [7, 11) is 0. The van der Waals surface area contributed by atoms with Crippen molar-refractivity contribution in [1.29, 1.82) is 0 Å². The second-order valence-corrected chi connectivity index (χ2v) is 6.32. The van der Waals surface area contributed by atoms with Gasteiger partial charge in [-0.3, -0.25) is 4.90 Å². The Balaban J connectivity index is 1.29. The van der Waals surface area contributed by atoms with Gasteiger partial charge in [0.05, 0.1) is 25.9 Å². The van der Waals surface area contributed by atoms with Gasteiger partial charge in [0.2, 0.25) is 0 Å². The molecule has 19 heavy (non-hydrogen) atoms. The summed E-state index contributed by atoms with van der Waals surface area (Å²) < 4.78 is 17.5. The van der Waals surface area contributed by atoms with Gasteiger partial charge in [0.1, 0.15) is 0 Å². The SMILES string of the molecule is C1=CC2CC1CC2C1OCC(CN2CCOCC2)O1. The lowest BCUT2D eigenvalue weighted by molar-refractivity contribution is -0.107. The molecule has 0 aromatic carbocycles. The van der Waals surface area contributed by atoms with Crippen molar-refractivity contribution >= 4 is 0 Å². The molecule has 1 saturated carbocycles. The molecule has 3 fully saturated rings. The molecule has 4 rings (SSSR count). The zero-order chi connectivity index (χ0) is 12.7. The van der Waals surface area contributed by atoms with Crippen LogP contribution in [0.5, 0.6) is 0 Å². The van der Waals surface area contributed by atoms with Gasteiger partial charge in [0, 0.05) is 25.6 Å². The van der Waals surface area contributed by atoms with Crippen molar-refractivity contribution < 1.29 is 14.2 Å². The van der Waals surface area contributed by atoms with Crippen LogP contribution in [0.2, 0.25) is 0 Å². The van der Waals surface area contributed by atoms with E-state index in [-0.39, 0.29) is 12.4 Å². The molecule has 5 atom stereocenters. The first kappa shape index (κ1) is 12.3. The topological polar surface area (TPSA) is 30.9 Å². The average molecular weight is 265 g/mol. The highest BCUT2D eigenvalue weighted by Crippen LogP contribution is 2.46. The Labute approximate surface area is 114 Å². The molecule has 4 nitrogen and oxygen atoms in total. The van der Waals surface area contributed by atoms with Gasteiger partial charge in [0.25, 0.3) is 0 Å². The number of hydrogen-bond acceptors (Lipinski definition) is 4. The minimum atomic E-state index is 0.0472. The van der Waals surface area contributed by atoms with Crippen LogP contribution in [0, 0.1) is 17.8 Å². The third kappa shape index (κ3) is 2.47. The van der Waals surface area contributed by atoms with Crippen LogP contribution in [0.4, 0.5) is 0 Å². The van der Waals surface area contributed by atoms with E-state index in [0.29, 0.717) is 11.8 Å². The first-order valence-corrected chi connectivity index (χ1v) is 7.64. The van der Waals surface area contributed by atoms with E-state index in [4.69, 9.17) is 14.2 Å². The monoisotopic (exact) mass is 265 g/mol. The lowest BCUT2D eigenvalue weighted by atomic mass is 9.93. The molecular formula is C15H23NO3. The molecule has 2 heterocycles. The Bertz CT molecular complexity index is 353. The quantitative estimate of drug-likeness (QED) is 0.719. The van der Waals surface area contributed by atoms with Crippen molar-refractivity contribution in [3.63, 3.8) is 0 Å². The molecule has 2 aliphatic carbocycles. The maximum absolute atomic E-state index is 6.16. The summed E-state index contributed by atoms with van der Waals surface area (Å²) >= 11 is 0. The second-order valence-electron chi connectivity index (χ2n) is 6.32. The number of hydrogen-bond donors (Lipinski definition) is 0. The van der Waals surface area contributed by atoms with E-state index in [9.17, 15) is 0 Å². The number of allylic oxidation sites excluding steroid dienone is 2. The zero-order valence-corrected chi connectivity index (χ0v) is 11.4. The van der Waals surface area contributed by atoms with Gasteiger partial charge in [0.15, 0.2) is 6.29 Å². The minimum Gasteiger partial charge on any atom is -0.379 e. The van der Waals surface area contributed by atoms with Crippen LogP contribution in [0.3, 0.4) is 0 Å². The molecule has 0 radical (unpaired) electrons. The number of rotatable bonds is 3. The Morgan fingerprint density at radius 1 is 1.11 bits per heavy atom. The maximum atomic E-state index is 6.16. The summed E-state index contributed by atoms with van der Waals surface area (Å²) in [5.74, 6) is 2.10. The molecule has 5 unspecified atom stereocenters. The Morgan fingerprint density at radius 2 is 2.00 bits per heavy atom. The second kappa shape index (κ2) is 5.17. The molecule has 2 aliphatic heterocycles. The van der Waals surface area contributed by atoms with E-state index in [1.165, 1.54) is 12.8 Å². The third-order valence-electron chi connectivity index (χ3n) is 5.02. The van der Waals surface area contributed by atoms with Crippen LogP contribution in [0.25, 0.3) is 0 Å². The Hall–Kier alpha value is -0.420. The van der Waals surface area contributed by atoms with E-state index < -0.39 is 0 Å². The largest absolute Gasteiger partial charge is 0.379 e. The molecule has 0 N–H and O–H groups in total. The van der Waals surface area contributed by atoms with Gasteiger partial charge in [-0.05, 0) is 24.7 Å². The molecule has 4 aliphatic rings. The fourth-order valence-corrected chi connectivity index (χ4v) is 4.00. The van der Waals surface area contributed by atoms with Crippen LogP contribution in [-0.4, -0.2) is 56.7 Å². The number of morpholine rings is 1. The fraction of sp³-hybridized carbons (Fsp3) is 0.867. The van der Waals surface area contributed by atoms with Crippen molar-refractivity contribution in [2.75, 3.05) is 39.5 Å². The van der Waals surface area contributed by atoms with Gasteiger partial charge in [-0.25, -0.2) is 0 Å². The van der Waals surface area contributed by atoms with Crippen LogP contribution >= 0.6 is 0 Å². The van der Waals surface area contributed by atoms with Crippen molar-refractivity contribution in [2.45, 2.75) is 25.2 Å². The van der Waals surface area contributed by atoms with E-state index in [2.05, 4.69) is 17.1 Å². The van der Waals surface area contributed by atoms with E-state index in [1.807, 2.05) is 0 Å². The predicted octanol–water partition coefficient (Wildman–Crippen LogP) is 1.27. The number of fused-ring (bicyclic) bond motifs is 2. The molecule has 0 spiro atoms. The minimum absolute atomic E-state index is 0.0472. The molecule has 2 saturated heterocycles. The molecule has 0 amide bonds. The van der Waals surface area contributed by atoms with Crippen LogP contribution in [0.15, 0.2) is 12.2 Å². The average Bonchev–Trinajstić information content (AvgIpc) is 3.15. The van der Waals surface area contributed by atoms with Crippen molar-refractivity contribution in [3.8, 4) is 0 Å². The van der Waals surface area contributed by atoms with Gasteiger partial charge < -0.3 is 14.2 Å². The van der Waals surface area contributed by atoms with Crippen molar-refractivity contribution in [2.24, 2.45) is 17.8 Å². The van der Waals surface area contributed by atoms with Crippen LogP contribution < -0.4 is 0 Å². The summed E-state index contributed by atoms with van der Waals surface area (Å²) in [5, 5.41) is 0. The third-order valence-corrected chi connectivity index (χ3v) is 5.02. The number of ether oxygens (including phenoxy) is 3. The van der Waals surface area contributed by atoms with Crippen molar-refractivity contribution in [1.82, 2.24) is 4.90 Å². The lowest BCUT2D eigenvalue weighted by Crippen LogP contribution is -2.41. The summed E-state index contributed by atoms with van der Waals surface area (Å²) in [5.41, 5.74) is 0. The van der Waals surface area contributed by atoms with Crippen LogP contribution in [-0.2, 0) is 14.2 Å². The molecular weight excluding hydrogens is 242 g/mol. The molecule has 0 aromatic heterocycles. The van der Waals surface area contributed by atoms with E-state index >= 15 is 0 Å². The number of nitrogens with zero attached hydrogens (tertiary/aromatic N) is 1. The van der Waals surface area contributed by atoms with Gasteiger partial charge in [-0.15, -0.1) is 0 Å². The van der Waals surface area contributed by atoms with Gasteiger partial charge in [-0.2, -0.15) is 0 Å². The molecule has 106 valence electrons. The first-order chi connectivity index (χ1) is 9.38. The van der Waals surface area contributed by atoms with Gasteiger partial charge >= 0.3 is 0 Å². The lowest BCUT2D eigenvalue weighted by Gasteiger charge is -2.29. The highest BCUT2D eigenvalue weighted by molar-refractivity contribution is 5.11. The van der Waals surface area contributed by atoms with Crippen LogP contribution in [0.1, 0.15) is 12.8 Å². The standard InChI is InChI=1S/C15H23NO3/c1-2-12-7-11(1)8-14(12)15-18-10-13(19-15)9-16-3-5-17-6-4-16/h1-2,11-15H,3-10H2. The summed E-state index contributed by atoms with van der Waals surface area (Å²) in [6, 6.07) is 0. The first-order valence-electron chi connectivity index (χ1n) is 7.64. The fourth-order valence-electron chi connectivity index (χ4n) is 4.00. The zero-order valence-electron chi connectivity index (χ0n) is 11.4.